The molecule has 2 N–H and O–H groups in total. The number of nitrogens with zero attached hydrogens (tertiary/aromatic N) is 1. The molecule has 0 saturated heterocycles. The van der Waals surface area contributed by atoms with Crippen molar-refractivity contribution in [3.8, 4) is 0 Å². The molecule has 0 atom stereocenters. The van der Waals surface area contributed by atoms with Gasteiger partial charge in [-0.05, 0) is 24.3 Å². The molecule has 0 bridgehead atoms. The zero-order valence-electron chi connectivity index (χ0n) is 7.49. The third kappa shape index (κ3) is 2.31. The Morgan fingerprint density at radius 1 is 1.43 bits per heavy atom. The maximum Gasteiger partial charge on any atom is 0.229 e. The molecule has 0 spiro atoms. The number of hydrogen-bond donors (Lipinski definition) is 2. The summed E-state index contributed by atoms with van der Waals surface area (Å²) in [6, 6.07) is 6.32. The Bertz CT molecular complexity index is 360. The Labute approximate surface area is 86.2 Å². The highest BCUT2D eigenvalue weighted by Gasteiger charge is 2.11. The highest BCUT2D eigenvalue weighted by Crippen LogP contribution is 2.10. The molecule has 1 rings (SSSR count). The third-order valence-corrected chi connectivity index (χ3v) is 1.90. The van der Waals surface area contributed by atoms with E-state index in [2.05, 4.69) is 4.99 Å². The highest BCUT2D eigenvalue weighted by atomic mass is 35.5. The number of Topliss-reactive ketones (excluding diaryl/α,β-unsaturated/α-hetero) is 1. The lowest BCUT2D eigenvalue weighted by molar-refractivity contribution is 0.104. The summed E-state index contributed by atoms with van der Waals surface area (Å²) >= 11 is 5.66. The Kier molecular flexibility index (Phi) is 3.62. The highest BCUT2D eigenvalue weighted by molar-refractivity contribution is 6.44. The predicted molar refractivity (Wildman–Crippen MR) is 54.1 cm³/mol. The van der Waals surface area contributed by atoms with E-state index in [0.717, 1.165) is 0 Å². The van der Waals surface area contributed by atoms with Crippen molar-refractivity contribution in [1.29, 1.82) is 0 Å². The molecule has 0 aliphatic rings. The molecule has 0 saturated carbocycles. The quantitative estimate of drug-likeness (QED) is 0.338. The molecule has 0 aliphatic heterocycles. The van der Waals surface area contributed by atoms with Gasteiger partial charge in [-0.1, -0.05) is 11.6 Å². The molecular weight excluding hydrogens is 204 g/mol. The average Bonchev–Trinajstić information content (AvgIpc) is 2.20. The van der Waals surface area contributed by atoms with Crippen molar-refractivity contribution in [3.05, 3.63) is 34.9 Å². The molecule has 0 radical (unpaired) electrons. The molecular formula is C9H9ClN2O2. The minimum Gasteiger partial charge on any atom is -0.290 e. The number of carbonyl (C=O) groups excluding carboxylic acids is 1. The number of hydrogen-bond acceptors (Lipinski definition) is 3. The van der Waals surface area contributed by atoms with Crippen LogP contribution in [0.25, 0.3) is 0 Å². The molecule has 1 aromatic carbocycles. The number of rotatable bonds is 2. The largest absolute Gasteiger partial charge is 0.290 e. The average molecular weight is 213 g/mol. The topological polar surface area (TPSA) is 61.7 Å². The van der Waals surface area contributed by atoms with Crippen LogP contribution in [-0.2, 0) is 0 Å². The second-order valence-electron chi connectivity index (χ2n) is 2.52. The van der Waals surface area contributed by atoms with E-state index >= 15 is 0 Å². The normalized spacial score (nSPS) is 11.2. The molecule has 0 aliphatic carbocycles. The molecule has 0 unspecified atom stereocenters. The van der Waals surface area contributed by atoms with E-state index < -0.39 is 0 Å². The predicted octanol–water partition coefficient (Wildman–Crippen LogP) is 1.53. The Morgan fingerprint density at radius 2 is 2.00 bits per heavy atom. The van der Waals surface area contributed by atoms with E-state index in [4.69, 9.17) is 16.8 Å². The van der Waals surface area contributed by atoms with Gasteiger partial charge in [0.2, 0.25) is 5.78 Å². The summed E-state index contributed by atoms with van der Waals surface area (Å²) in [5.74, 6) is -0.487. The van der Waals surface area contributed by atoms with E-state index in [-0.39, 0.29) is 11.6 Å². The van der Waals surface area contributed by atoms with Gasteiger partial charge in [0, 0.05) is 17.6 Å². The van der Waals surface area contributed by atoms with Crippen LogP contribution in [0.2, 0.25) is 5.02 Å². The molecule has 1 aromatic rings. The number of amidine groups is 1. The van der Waals surface area contributed by atoms with Crippen molar-refractivity contribution >= 4 is 23.2 Å². The van der Waals surface area contributed by atoms with Crippen LogP contribution in [0.4, 0.5) is 0 Å². The number of aliphatic imine (C=N–C) groups is 1. The monoisotopic (exact) mass is 212 g/mol. The number of hydroxylamine groups is 1. The van der Waals surface area contributed by atoms with Crippen molar-refractivity contribution in [2.24, 2.45) is 4.99 Å². The van der Waals surface area contributed by atoms with E-state index in [1.165, 1.54) is 7.05 Å². The van der Waals surface area contributed by atoms with Gasteiger partial charge >= 0.3 is 0 Å². The summed E-state index contributed by atoms with van der Waals surface area (Å²) in [5, 5.41) is 9.13. The molecule has 74 valence electrons. The lowest BCUT2D eigenvalue weighted by Gasteiger charge is -2.02. The number of benzene rings is 1. The number of nitrogens with one attached hydrogen (secondary N) is 1. The minimum atomic E-state index is -0.383. The van der Waals surface area contributed by atoms with Crippen LogP contribution in [0.3, 0.4) is 0 Å². The van der Waals surface area contributed by atoms with E-state index in [1.54, 1.807) is 29.7 Å². The fourth-order valence-corrected chi connectivity index (χ4v) is 1.07. The maximum atomic E-state index is 11.5. The summed E-state index contributed by atoms with van der Waals surface area (Å²) in [7, 11) is 1.41. The fourth-order valence-electron chi connectivity index (χ4n) is 0.940. The van der Waals surface area contributed by atoms with Gasteiger partial charge in [-0.25, -0.2) is 5.48 Å². The van der Waals surface area contributed by atoms with Gasteiger partial charge in [0.25, 0.3) is 0 Å². The number of halogens is 1. The first-order valence-electron chi connectivity index (χ1n) is 3.86. The first-order chi connectivity index (χ1) is 6.69. The first kappa shape index (κ1) is 10.7. The smallest absolute Gasteiger partial charge is 0.229 e. The molecule has 5 heteroatoms. The standard InChI is InChI=1S/C9H9ClN2O2/c1-11-9(12-14)8(13)6-2-4-7(10)5-3-6/h2-5,14H,1H3,(H,11,12). The SMILES string of the molecule is CN=C(NO)C(=O)c1ccc(Cl)cc1. The van der Waals surface area contributed by atoms with Crippen LogP contribution < -0.4 is 5.48 Å². The third-order valence-electron chi connectivity index (χ3n) is 1.65. The van der Waals surface area contributed by atoms with Crippen molar-refractivity contribution in [3.63, 3.8) is 0 Å². The zero-order valence-corrected chi connectivity index (χ0v) is 8.25. The van der Waals surface area contributed by atoms with Gasteiger partial charge in [0.15, 0.2) is 5.84 Å². The molecule has 0 aromatic heterocycles. The zero-order chi connectivity index (χ0) is 10.6. The minimum absolute atomic E-state index is 0.104. The molecule has 0 fully saturated rings. The molecule has 14 heavy (non-hydrogen) atoms. The summed E-state index contributed by atoms with van der Waals surface area (Å²) in [6.45, 7) is 0. The van der Waals surface area contributed by atoms with E-state index in [1.807, 2.05) is 0 Å². The lowest BCUT2D eigenvalue weighted by atomic mass is 10.1. The molecule has 4 nitrogen and oxygen atoms in total. The van der Waals surface area contributed by atoms with Crippen LogP contribution in [0.1, 0.15) is 10.4 Å². The second-order valence-corrected chi connectivity index (χ2v) is 2.96. The summed E-state index contributed by atoms with van der Waals surface area (Å²) in [6.07, 6.45) is 0. The van der Waals surface area contributed by atoms with E-state index in [0.29, 0.717) is 10.6 Å². The first-order valence-corrected chi connectivity index (χ1v) is 4.24. The van der Waals surface area contributed by atoms with Crippen LogP contribution in [0.5, 0.6) is 0 Å². The summed E-state index contributed by atoms with van der Waals surface area (Å²) < 4.78 is 0. The number of ketones is 1. The Balaban J connectivity index is 2.95. The Morgan fingerprint density at radius 3 is 2.43 bits per heavy atom. The van der Waals surface area contributed by atoms with Gasteiger partial charge in [-0.3, -0.25) is 15.0 Å². The van der Waals surface area contributed by atoms with Gasteiger partial charge in [0.1, 0.15) is 0 Å². The second kappa shape index (κ2) is 4.74. The Hall–Kier alpha value is -1.39. The van der Waals surface area contributed by atoms with Gasteiger partial charge in [-0.15, -0.1) is 0 Å². The fraction of sp³-hybridized carbons (Fsp3) is 0.111. The van der Waals surface area contributed by atoms with Crippen molar-refractivity contribution in [2.75, 3.05) is 7.05 Å². The summed E-state index contributed by atoms with van der Waals surface area (Å²) in [5.41, 5.74) is 2.15. The van der Waals surface area contributed by atoms with Crippen LogP contribution in [0, 0.1) is 0 Å². The molecule has 0 amide bonds. The van der Waals surface area contributed by atoms with Gasteiger partial charge in [-0.2, -0.15) is 0 Å². The van der Waals surface area contributed by atoms with E-state index in [9.17, 15) is 4.79 Å². The van der Waals surface area contributed by atoms with Crippen LogP contribution >= 0.6 is 11.6 Å². The lowest BCUT2D eigenvalue weighted by Crippen LogP contribution is -2.28. The number of carbonyl (C=O) groups is 1. The van der Waals surface area contributed by atoms with Crippen molar-refractivity contribution < 1.29 is 10.0 Å². The van der Waals surface area contributed by atoms with Crippen LogP contribution in [0.15, 0.2) is 29.3 Å². The molecule has 0 heterocycles. The van der Waals surface area contributed by atoms with Crippen molar-refractivity contribution in [2.45, 2.75) is 0 Å². The van der Waals surface area contributed by atoms with Gasteiger partial charge < -0.3 is 0 Å². The van der Waals surface area contributed by atoms with Crippen LogP contribution in [-0.4, -0.2) is 23.9 Å². The maximum absolute atomic E-state index is 11.5. The van der Waals surface area contributed by atoms with Gasteiger partial charge in [0.05, 0.1) is 0 Å². The van der Waals surface area contributed by atoms with Crippen molar-refractivity contribution in [1.82, 2.24) is 5.48 Å². The summed E-state index contributed by atoms with van der Waals surface area (Å²) in [4.78, 5) is 15.1.